The molecule has 0 spiro atoms. The normalized spacial score (nSPS) is 17.5. The number of nitrogens with zero attached hydrogens (tertiary/aromatic N) is 1. The van der Waals surface area contributed by atoms with Crippen molar-refractivity contribution in [1.29, 1.82) is 0 Å². The first kappa shape index (κ1) is 22.3. The second kappa shape index (κ2) is 9.59. The summed E-state index contributed by atoms with van der Waals surface area (Å²) in [7, 11) is -3.41. The lowest BCUT2D eigenvalue weighted by atomic mass is 10.1. The minimum atomic E-state index is -3.41. The Morgan fingerprint density at radius 2 is 1.97 bits per heavy atom. The standard InChI is InChI=1S/C22H29N3O4S/c1-16-7-8-20(12-21(16)24-30(3,27)28)22(26)23-13-18-5-4-6-19(11-18)15-25-9-10-29-17(2)14-25/h4-8,11-12,17,24H,9-10,13-15H2,1-3H3,(H,23,26). The number of anilines is 1. The molecule has 1 fully saturated rings. The highest BCUT2D eigenvalue weighted by atomic mass is 32.2. The topological polar surface area (TPSA) is 87.7 Å². The fraction of sp³-hybridized carbons (Fsp3) is 0.409. The molecule has 1 unspecified atom stereocenters. The number of ether oxygens (including phenoxy) is 1. The Labute approximate surface area is 178 Å². The average Bonchev–Trinajstić information content (AvgIpc) is 2.67. The molecular formula is C22H29N3O4S. The molecule has 2 N–H and O–H groups in total. The van der Waals surface area contributed by atoms with E-state index in [0.717, 1.165) is 43.6 Å². The van der Waals surface area contributed by atoms with Gasteiger partial charge in [0.25, 0.3) is 5.91 Å². The zero-order valence-electron chi connectivity index (χ0n) is 17.6. The summed E-state index contributed by atoms with van der Waals surface area (Å²) in [5, 5.41) is 2.91. The van der Waals surface area contributed by atoms with E-state index in [1.807, 2.05) is 12.1 Å². The molecule has 7 nitrogen and oxygen atoms in total. The van der Waals surface area contributed by atoms with Gasteiger partial charge in [-0.3, -0.25) is 14.4 Å². The lowest BCUT2D eigenvalue weighted by molar-refractivity contribution is -0.0212. The van der Waals surface area contributed by atoms with Crippen LogP contribution in [0.3, 0.4) is 0 Å². The van der Waals surface area contributed by atoms with E-state index in [2.05, 4.69) is 34.0 Å². The molecule has 0 aromatic heterocycles. The van der Waals surface area contributed by atoms with Crippen molar-refractivity contribution in [2.24, 2.45) is 0 Å². The summed E-state index contributed by atoms with van der Waals surface area (Å²) >= 11 is 0. The van der Waals surface area contributed by atoms with Crippen LogP contribution in [0.2, 0.25) is 0 Å². The van der Waals surface area contributed by atoms with Crippen LogP contribution in [-0.4, -0.2) is 51.3 Å². The van der Waals surface area contributed by atoms with Gasteiger partial charge in [-0.1, -0.05) is 30.3 Å². The van der Waals surface area contributed by atoms with Gasteiger partial charge >= 0.3 is 0 Å². The van der Waals surface area contributed by atoms with E-state index >= 15 is 0 Å². The number of rotatable bonds is 7. The molecule has 1 amide bonds. The second-order valence-corrected chi connectivity index (χ2v) is 9.57. The third-order valence-electron chi connectivity index (χ3n) is 4.97. The van der Waals surface area contributed by atoms with Crippen molar-refractivity contribution in [3.8, 4) is 0 Å². The summed E-state index contributed by atoms with van der Waals surface area (Å²) in [6.45, 7) is 7.71. The molecule has 1 atom stereocenters. The Kier molecular flexibility index (Phi) is 7.12. The minimum absolute atomic E-state index is 0.248. The molecular weight excluding hydrogens is 402 g/mol. The van der Waals surface area contributed by atoms with Crippen LogP contribution in [-0.2, 0) is 27.8 Å². The number of carbonyl (C=O) groups excluding carboxylic acids is 1. The van der Waals surface area contributed by atoms with Gasteiger partial charge in [0.2, 0.25) is 10.0 Å². The van der Waals surface area contributed by atoms with Gasteiger partial charge in [-0.15, -0.1) is 0 Å². The van der Waals surface area contributed by atoms with Crippen LogP contribution in [0.25, 0.3) is 0 Å². The highest BCUT2D eigenvalue weighted by molar-refractivity contribution is 7.92. The van der Waals surface area contributed by atoms with Crippen molar-refractivity contribution in [3.05, 3.63) is 64.7 Å². The maximum atomic E-state index is 12.6. The first-order valence-corrected chi connectivity index (χ1v) is 11.9. The fourth-order valence-electron chi connectivity index (χ4n) is 3.49. The van der Waals surface area contributed by atoms with Crippen molar-refractivity contribution in [1.82, 2.24) is 10.2 Å². The van der Waals surface area contributed by atoms with Gasteiger partial charge in [0.15, 0.2) is 0 Å². The lowest BCUT2D eigenvalue weighted by Crippen LogP contribution is -2.40. The van der Waals surface area contributed by atoms with Gasteiger partial charge in [0.1, 0.15) is 0 Å². The van der Waals surface area contributed by atoms with Crippen molar-refractivity contribution < 1.29 is 17.9 Å². The summed E-state index contributed by atoms with van der Waals surface area (Å²) in [6, 6.07) is 13.2. The fourth-order valence-corrected chi connectivity index (χ4v) is 4.11. The van der Waals surface area contributed by atoms with Crippen LogP contribution in [0, 0.1) is 6.92 Å². The van der Waals surface area contributed by atoms with Crippen molar-refractivity contribution in [3.63, 3.8) is 0 Å². The molecule has 0 bridgehead atoms. The minimum Gasteiger partial charge on any atom is -0.376 e. The summed E-state index contributed by atoms with van der Waals surface area (Å²) in [6.07, 6.45) is 1.34. The number of aryl methyl sites for hydroxylation is 1. The summed E-state index contributed by atoms with van der Waals surface area (Å²) in [5.74, 6) is -0.251. The number of amides is 1. The SMILES string of the molecule is Cc1ccc(C(=O)NCc2cccc(CN3CCOC(C)C3)c2)cc1NS(C)(=O)=O. The third kappa shape index (κ3) is 6.55. The number of morpholine rings is 1. The molecule has 1 heterocycles. The van der Waals surface area contributed by atoms with Crippen LogP contribution >= 0.6 is 0 Å². The largest absolute Gasteiger partial charge is 0.376 e. The molecule has 8 heteroatoms. The maximum Gasteiger partial charge on any atom is 0.251 e. The van der Waals surface area contributed by atoms with E-state index < -0.39 is 10.0 Å². The van der Waals surface area contributed by atoms with E-state index in [9.17, 15) is 13.2 Å². The van der Waals surface area contributed by atoms with Crippen LogP contribution < -0.4 is 10.0 Å². The highest BCUT2D eigenvalue weighted by Crippen LogP contribution is 2.18. The molecule has 2 aromatic rings. The Morgan fingerprint density at radius 3 is 2.70 bits per heavy atom. The van der Waals surface area contributed by atoms with Gasteiger partial charge < -0.3 is 10.1 Å². The quantitative estimate of drug-likeness (QED) is 0.703. The van der Waals surface area contributed by atoms with Gasteiger partial charge in [0.05, 0.1) is 24.7 Å². The number of hydrogen-bond donors (Lipinski definition) is 2. The molecule has 3 rings (SSSR count). The monoisotopic (exact) mass is 431 g/mol. The number of nitrogens with one attached hydrogen (secondary N) is 2. The molecule has 0 saturated carbocycles. The summed E-state index contributed by atoms with van der Waals surface area (Å²) in [5.41, 5.74) is 3.79. The Bertz CT molecular complexity index is 1010. The number of carbonyl (C=O) groups is 1. The van der Waals surface area contributed by atoms with E-state index in [1.165, 1.54) is 5.56 Å². The first-order chi connectivity index (χ1) is 14.2. The van der Waals surface area contributed by atoms with E-state index in [0.29, 0.717) is 17.8 Å². The van der Waals surface area contributed by atoms with E-state index in [-0.39, 0.29) is 12.0 Å². The zero-order chi connectivity index (χ0) is 21.7. The van der Waals surface area contributed by atoms with Gasteiger partial charge in [-0.05, 0) is 42.7 Å². The predicted molar refractivity (Wildman–Crippen MR) is 118 cm³/mol. The molecule has 0 aliphatic carbocycles. The molecule has 1 aliphatic heterocycles. The van der Waals surface area contributed by atoms with Gasteiger partial charge in [-0.25, -0.2) is 8.42 Å². The maximum absolute atomic E-state index is 12.6. The number of benzene rings is 2. The van der Waals surface area contributed by atoms with Crippen LogP contribution in [0.5, 0.6) is 0 Å². The number of sulfonamides is 1. The van der Waals surface area contributed by atoms with E-state index in [4.69, 9.17) is 4.74 Å². The lowest BCUT2D eigenvalue weighted by Gasteiger charge is -2.31. The van der Waals surface area contributed by atoms with Gasteiger partial charge in [-0.2, -0.15) is 0 Å². The Balaban J connectivity index is 1.61. The van der Waals surface area contributed by atoms with Crippen LogP contribution in [0.4, 0.5) is 5.69 Å². The highest BCUT2D eigenvalue weighted by Gasteiger charge is 2.17. The smallest absolute Gasteiger partial charge is 0.251 e. The molecule has 30 heavy (non-hydrogen) atoms. The molecule has 0 radical (unpaired) electrons. The molecule has 1 saturated heterocycles. The van der Waals surface area contributed by atoms with Gasteiger partial charge in [0, 0.05) is 31.7 Å². The molecule has 2 aromatic carbocycles. The summed E-state index contributed by atoms with van der Waals surface area (Å²) in [4.78, 5) is 14.9. The molecule has 162 valence electrons. The first-order valence-electron chi connectivity index (χ1n) is 9.98. The Morgan fingerprint density at radius 1 is 1.20 bits per heavy atom. The van der Waals surface area contributed by atoms with Crippen molar-refractivity contribution in [2.75, 3.05) is 30.7 Å². The average molecular weight is 432 g/mol. The van der Waals surface area contributed by atoms with Crippen LogP contribution in [0.15, 0.2) is 42.5 Å². The molecule has 1 aliphatic rings. The zero-order valence-corrected chi connectivity index (χ0v) is 18.5. The Hall–Kier alpha value is -2.42. The second-order valence-electron chi connectivity index (χ2n) is 7.82. The van der Waals surface area contributed by atoms with E-state index in [1.54, 1.807) is 25.1 Å². The van der Waals surface area contributed by atoms with Crippen LogP contribution in [0.1, 0.15) is 34.0 Å². The predicted octanol–water partition coefficient (Wildman–Crippen LogP) is 2.52. The van der Waals surface area contributed by atoms with Crippen molar-refractivity contribution >= 4 is 21.6 Å². The number of hydrogen-bond acceptors (Lipinski definition) is 5. The third-order valence-corrected chi connectivity index (χ3v) is 5.56. The summed E-state index contributed by atoms with van der Waals surface area (Å²) < 4.78 is 31.1. The van der Waals surface area contributed by atoms with Crippen molar-refractivity contribution in [2.45, 2.75) is 33.0 Å².